The molecule has 0 aliphatic heterocycles. The van der Waals surface area contributed by atoms with Gasteiger partial charge < -0.3 is 10.6 Å². The Bertz CT molecular complexity index is 205. The molecule has 0 saturated carbocycles. The molecule has 0 aromatic heterocycles. The lowest BCUT2D eigenvalue weighted by Gasteiger charge is -2.16. The van der Waals surface area contributed by atoms with Crippen LogP contribution >= 0.6 is 0 Å². The first-order valence-electron chi connectivity index (χ1n) is 6.34. The van der Waals surface area contributed by atoms with Gasteiger partial charge in [-0.1, -0.05) is 38.8 Å². The average Bonchev–Trinajstić information content (AvgIpc) is 2.33. The second-order valence-electron chi connectivity index (χ2n) is 3.92. The monoisotopic (exact) mass is 225 g/mol. The van der Waals surface area contributed by atoms with Crippen molar-refractivity contribution in [2.75, 3.05) is 20.1 Å². The molecule has 94 valence electrons. The molecule has 3 heteroatoms. The van der Waals surface area contributed by atoms with Crippen LogP contribution in [0, 0.1) is 5.92 Å². The molecule has 0 spiro atoms. The molecule has 3 nitrogen and oxygen atoms in total. The third-order valence-corrected chi connectivity index (χ3v) is 2.78. The Kier molecular flexibility index (Phi) is 9.87. The number of aliphatic imine (C=N–C) groups is 1. The minimum atomic E-state index is 0.745. The zero-order chi connectivity index (χ0) is 12.2. The molecular weight excluding hydrogens is 198 g/mol. The van der Waals surface area contributed by atoms with Gasteiger partial charge in [0.05, 0.1) is 0 Å². The predicted octanol–water partition coefficient (Wildman–Crippen LogP) is 2.55. The lowest BCUT2D eigenvalue weighted by molar-refractivity contribution is 0.481. The van der Waals surface area contributed by atoms with Gasteiger partial charge in [0.15, 0.2) is 5.96 Å². The van der Waals surface area contributed by atoms with Gasteiger partial charge in [-0.25, -0.2) is 0 Å². The highest BCUT2D eigenvalue weighted by molar-refractivity contribution is 5.79. The second kappa shape index (κ2) is 10.5. The molecule has 16 heavy (non-hydrogen) atoms. The molecule has 0 fully saturated rings. The van der Waals surface area contributed by atoms with Gasteiger partial charge in [0.25, 0.3) is 0 Å². The molecule has 0 unspecified atom stereocenters. The standard InChI is InChI=1S/C13H27N3/c1-5-8-9-10-15-13(14-4)16-11-12(6-2)7-3/h5,8,12H,6-7,9-11H2,1-4H3,(H2,14,15,16)/b8-5+. The van der Waals surface area contributed by atoms with Gasteiger partial charge >= 0.3 is 0 Å². The molecule has 0 radical (unpaired) electrons. The van der Waals surface area contributed by atoms with Gasteiger partial charge in [-0.3, -0.25) is 4.99 Å². The maximum absolute atomic E-state index is 4.20. The Balaban J connectivity index is 3.75. The van der Waals surface area contributed by atoms with Crippen LogP contribution in [-0.2, 0) is 0 Å². The van der Waals surface area contributed by atoms with Gasteiger partial charge in [0.1, 0.15) is 0 Å². The number of hydrogen-bond acceptors (Lipinski definition) is 1. The third kappa shape index (κ3) is 7.32. The van der Waals surface area contributed by atoms with E-state index in [0.29, 0.717) is 0 Å². The summed E-state index contributed by atoms with van der Waals surface area (Å²) >= 11 is 0. The van der Waals surface area contributed by atoms with E-state index in [4.69, 9.17) is 0 Å². The van der Waals surface area contributed by atoms with E-state index in [-0.39, 0.29) is 0 Å². The largest absolute Gasteiger partial charge is 0.356 e. The molecule has 0 saturated heterocycles. The molecule has 0 atom stereocenters. The number of guanidine groups is 1. The maximum Gasteiger partial charge on any atom is 0.190 e. The molecule has 0 rings (SSSR count). The normalized spacial score (nSPS) is 12.4. The van der Waals surface area contributed by atoms with Crippen LogP contribution in [0.4, 0.5) is 0 Å². The van der Waals surface area contributed by atoms with Crippen molar-refractivity contribution in [3.8, 4) is 0 Å². The first kappa shape index (κ1) is 15.0. The highest BCUT2D eigenvalue weighted by atomic mass is 15.2. The summed E-state index contributed by atoms with van der Waals surface area (Å²) in [5, 5.41) is 6.66. The first-order chi connectivity index (χ1) is 7.78. The average molecular weight is 225 g/mol. The maximum atomic E-state index is 4.20. The topological polar surface area (TPSA) is 36.4 Å². The SMILES string of the molecule is C/C=C/CCNC(=NC)NCC(CC)CC. The molecule has 0 aliphatic carbocycles. The smallest absolute Gasteiger partial charge is 0.190 e. The Morgan fingerprint density at radius 1 is 1.25 bits per heavy atom. The van der Waals surface area contributed by atoms with E-state index in [2.05, 4.69) is 41.6 Å². The van der Waals surface area contributed by atoms with Crippen LogP contribution in [-0.4, -0.2) is 26.1 Å². The molecule has 0 aliphatic rings. The second-order valence-corrected chi connectivity index (χ2v) is 3.92. The van der Waals surface area contributed by atoms with E-state index in [9.17, 15) is 0 Å². The van der Waals surface area contributed by atoms with Crippen LogP contribution in [0.1, 0.15) is 40.0 Å². The van der Waals surface area contributed by atoms with Crippen molar-refractivity contribution in [2.24, 2.45) is 10.9 Å². The summed E-state index contributed by atoms with van der Waals surface area (Å²) in [6, 6.07) is 0. The van der Waals surface area contributed by atoms with Crippen LogP contribution in [0.25, 0.3) is 0 Å². The lowest BCUT2D eigenvalue weighted by atomic mass is 10.0. The molecule has 0 amide bonds. The Hall–Kier alpha value is -0.990. The van der Waals surface area contributed by atoms with Crippen LogP contribution < -0.4 is 10.6 Å². The molecule has 0 aromatic rings. The quantitative estimate of drug-likeness (QED) is 0.302. The zero-order valence-electron chi connectivity index (χ0n) is 11.2. The molecular formula is C13H27N3. The summed E-state index contributed by atoms with van der Waals surface area (Å²) in [7, 11) is 1.82. The molecule has 0 bridgehead atoms. The number of allylic oxidation sites excluding steroid dienone is 1. The number of rotatable bonds is 7. The van der Waals surface area contributed by atoms with Crippen molar-refractivity contribution in [3.05, 3.63) is 12.2 Å². The van der Waals surface area contributed by atoms with E-state index in [1.807, 2.05) is 14.0 Å². The molecule has 2 N–H and O–H groups in total. The van der Waals surface area contributed by atoms with E-state index in [0.717, 1.165) is 31.4 Å². The summed E-state index contributed by atoms with van der Waals surface area (Å²) in [6.45, 7) is 8.46. The summed E-state index contributed by atoms with van der Waals surface area (Å²) in [4.78, 5) is 4.20. The fraction of sp³-hybridized carbons (Fsp3) is 0.769. The third-order valence-electron chi connectivity index (χ3n) is 2.78. The summed E-state index contributed by atoms with van der Waals surface area (Å²) in [5.74, 6) is 1.66. The number of nitrogens with zero attached hydrogens (tertiary/aromatic N) is 1. The Morgan fingerprint density at radius 3 is 2.44 bits per heavy atom. The lowest BCUT2D eigenvalue weighted by Crippen LogP contribution is -2.39. The summed E-state index contributed by atoms with van der Waals surface area (Å²) in [5.41, 5.74) is 0. The van der Waals surface area contributed by atoms with Gasteiger partial charge in [0.2, 0.25) is 0 Å². The summed E-state index contributed by atoms with van der Waals surface area (Å²) in [6.07, 6.45) is 7.71. The van der Waals surface area contributed by atoms with Crippen LogP contribution in [0.2, 0.25) is 0 Å². The van der Waals surface area contributed by atoms with E-state index < -0.39 is 0 Å². The predicted molar refractivity (Wildman–Crippen MR) is 72.9 cm³/mol. The van der Waals surface area contributed by atoms with Gasteiger partial charge in [-0.15, -0.1) is 0 Å². The van der Waals surface area contributed by atoms with Crippen molar-refractivity contribution in [3.63, 3.8) is 0 Å². The fourth-order valence-electron chi connectivity index (χ4n) is 1.48. The van der Waals surface area contributed by atoms with E-state index in [1.165, 1.54) is 12.8 Å². The first-order valence-corrected chi connectivity index (χ1v) is 6.34. The minimum Gasteiger partial charge on any atom is -0.356 e. The Labute approximate surface area is 100 Å². The molecule has 0 heterocycles. The van der Waals surface area contributed by atoms with Crippen molar-refractivity contribution in [2.45, 2.75) is 40.0 Å². The number of hydrogen-bond donors (Lipinski definition) is 2. The Morgan fingerprint density at radius 2 is 1.94 bits per heavy atom. The van der Waals surface area contributed by atoms with Gasteiger partial charge in [-0.2, -0.15) is 0 Å². The fourth-order valence-corrected chi connectivity index (χ4v) is 1.48. The van der Waals surface area contributed by atoms with Crippen molar-refractivity contribution < 1.29 is 0 Å². The van der Waals surface area contributed by atoms with E-state index in [1.54, 1.807) is 0 Å². The molecule has 0 aromatic carbocycles. The number of nitrogens with one attached hydrogen (secondary N) is 2. The van der Waals surface area contributed by atoms with E-state index >= 15 is 0 Å². The van der Waals surface area contributed by atoms with Crippen molar-refractivity contribution in [1.29, 1.82) is 0 Å². The highest BCUT2D eigenvalue weighted by Gasteiger charge is 2.03. The van der Waals surface area contributed by atoms with Crippen LogP contribution in [0.15, 0.2) is 17.1 Å². The summed E-state index contributed by atoms with van der Waals surface area (Å²) < 4.78 is 0. The van der Waals surface area contributed by atoms with Crippen LogP contribution in [0.3, 0.4) is 0 Å². The van der Waals surface area contributed by atoms with Gasteiger partial charge in [0, 0.05) is 20.1 Å². The van der Waals surface area contributed by atoms with Crippen molar-refractivity contribution in [1.82, 2.24) is 10.6 Å². The van der Waals surface area contributed by atoms with Gasteiger partial charge in [-0.05, 0) is 19.3 Å². The van der Waals surface area contributed by atoms with Crippen LogP contribution in [0.5, 0.6) is 0 Å². The van der Waals surface area contributed by atoms with Crippen molar-refractivity contribution >= 4 is 5.96 Å². The minimum absolute atomic E-state index is 0.745. The zero-order valence-corrected chi connectivity index (χ0v) is 11.2. The highest BCUT2D eigenvalue weighted by Crippen LogP contribution is 2.04.